The summed E-state index contributed by atoms with van der Waals surface area (Å²) in [6, 6.07) is 82.8. The Morgan fingerprint density at radius 3 is 1.31 bits per heavy atom. The monoisotopic (exact) mass is 771 g/mol. The fourth-order valence-corrected chi connectivity index (χ4v) is 10.9. The Morgan fingerprint density at radius 2 is 0.689 bits per heavy atom. The van der Waals surface area contributed by atoms with E-state index in [9.17, 15) is 0 Å². The minimum absolute atomic E-state index is 0.347. The second-order valence-corrected chi connectivity index (χ2v) is 16.5. The van der Waals surface area contributed by atoms with Crippen LogP contribution in [-0.2, 0) is 5.41 Å². The van der Waals surface area contributed by atoms with Crippen LogP contribution in [0.3, 0.4) is 0 Å². The molecule has 0 amide bonds. The molecule has 2 aliphatic carbocycles. The van der Waals surface area contributed by atoms with Gasteiger partial charge in [0.05, 0.1) is 16.8 Å². The van der Waals surface area contributed by atoms with Gasteiger partial charge in [-0.1, -0.05) is 200 Å². The molecule has 61 heavy (non-hydrogen) atoms. The van der Waals surface area contributed by atoms with E-state index in [1.54, 1.807) is 0 Å². The molecule has 282 valence electrons. The van der Waals surface area contributed by atoms with Gasteiger partial charge in [0, 0.05) is 11.1 Å². The van der Waals surface area contributed by atoms with Gasteiger partial charge in [-0.2, -0.15) is 0 Å². The van der Waals surface area contributed by atoms with Crippen molar-refractivity contribution in [2.24, 2.45) is 0 Å². The quantitative estimate of drug-likeness (QED) is 0.162. The first-order valence-corrected chi connectivity index (χ1v) is 21.2. The van der Waals surface area contributed by atoms with E-state index in [0.717, 1.165) is 28.1 Å². The fraction of sp³-hybridized carbons (Fsp3) is 0.0167. The molecule has 0 N–H and O–H groups in total. The molecule has 0 saturated carbocycles. The number of benzene rings is 10. The van der Waals surface area contributed by atoms with Crippen LogP contribution >= 0.6 is 0 Å². The maximum Gasteiger partial charge on any atom is 0.0725 e. The highest BCUT2D eigenvalue weighted by molar-refractivity contribution is 6.29. The third-order valence-corrected chi connectivity index (χ3v) is 13.5. The summed E-state index contributed by atoms with van der Waals surface area (Å²) in [4.78, 5) is 5.22. The molecule has 1 nitrogen and oxygen atoms in total. The number of hydrogen-bond acceptors (Lipinski definition) is 1. The molecule has 0 unspecified atom stereocenters. The molecule has 11 aromatic rings. The molecular formula is C60H37N. The van der Waals surface area contributed by atoms with Gasteiger partial charge in [0.15, 0.2) is 0 Å². The molecule has 1 heteroatoms. The summed E-state index contributed by atoms with van der Waals surface area (Å²) >= 11 is 0. The zero-order chi connectivity index (χ0) is 40.1. The van der Waals surface area contributed by atoms with E-state index in [-0.39, 0.29) is 5.41 Å². The van der Waals surface area contributed by atoms with Crippen LogP contribution in [0.25, 0.3) is 99.3 Å². The van der Waals surface area contributed by atoms with Crippen LogP contribution in [0, 0.1) is 0 Å². The molecule has 1 aromatic heterocycles. The summed E-state index contributed by atoms with van der Waals surface area (Å²) in [7, 11) is 0. The Hall–Kier alpha value is -7.87. The lowest BCUT2D eigenvalue weighted by Crippen LogP contribution is -2.25. The number of aromatic nitrogens is 1. The van der Waals surface area contributed by atoms with Gasteiger partial charge in [-0.15, -0.1) is 0 Å². The average molecular weight is 772 g/mol. The molecule has 0 aliphatic heterocycles. The number of pyridine rings is 1. The van der Waals surface area contributed by atoms with E-state index in [1.807, 2.05) is 0 Å². The van der Waals surface area contributed by atoms with Gasteiger partial charge in [-0.25, -0.2) is 4.98 Å². The highest BCUT2D eigenvalue weighted by Gasteiger charge is 2.51. The topological polar surface area (TPSA) is 12.9 Å². The van der Waals surface area contributed by atoms with Gasteiger partial charge < -0.3 is 0 Å². The van der Waals surface area contributed by atoms with Crippen molar-refractivity contribution in [3.63, 3.8) is 0 Å². The third-order valence-electron chi connectivity index (χ3n) is 13.5. The van der Waals surface area contributed by atoms with Gasteiger partial charge >= 0.3 is 0 Å². The molecule has 13 rings (SSSR count). The van der Waals surface area contributed by atoms with E-state index in [1.165, 1.54) is 93.5 Å². The highest BCUT2D eigenvalue weighted by atomic mass is 14.7. The van der Waals surface area contributed by atoms with E-state index < -0.39 is 0 Å². The fourth-order valence-electron chi connectivity index (χ4n) is 10.9. The third kappa shape index (κ3) is 4.86. The van der Waals surface area contributed by atoms with Crippen molar-refractivity contribution in [2.75, 3.05) is 0 Å². The Morgan fingerprint density at radius 1 is 0.246 bits per heavy atom. The first-order valence-electron chi connectivity index (χ1n) is 21.2. The zero-order valence-corrected chi connectivity index (χ0v) is 33.3. The highest BCUT2D eigenvalue weighted by Crippen LogP contribution is 2.63. The van der Waals surface area contributed by atoms with Crippen molar-refractivity contribution in [3.8, 4) is 67.0 Å². The predicted octanol–water partition coefficient (Wildman–Crippen LogP) is 15.6. The summed E-state index contributed by atoms with van der Waals surface area (Å²) in [5.74, 6) is 0. The maximum absolute atomic E-state index is 5.22. The van der Waals surface area contributed by atoms with Crippen molar-refractivity contribution >= 4 is 32.3 Å². The second-order valence-electron chi connectivity index (χ2n) is 16.5. The van der Waals surface area contributed by atoms with Crippen molar-refractivity contribution in [3.05, 3.63) is 247 Å². The van der Waals surface area contributed by atoms with Crippen molar-refractivity contribution in [1.29, 1.82) is 0 Å². The average Bonchev–Trinajstić information content (AvgIpc) is 3.81. The first-order chi connectivity index (χ1) is 30.3. The first kappa shape index (κ1) is 34.0. The van der Waals surface area contributed by atoms with Gasteiger partial charge in [0.2, 0.25) is 0 Å². The second kappa shape index (κ2) is 13.1. The predicted molar refractivity (Wildman–Crippen MR) is 255 cm³/mol. The van der Waals surface area contributed by atoms with Gasteiger partial charge in [0.1, 0.15) is 0 Å². The van der Waals surface area contributed by atoms with Crippen LogP contribution < -0.4 is 0 Å². The summed E-state index contributed by atoms with van der Waals surface area (Å²) in [6.45, 7) is 0. The van der Waals surface area contributed by atoms with Gasteiger partial charge in [-0.05, 0) is 123 Å². The maximum atomic E-state index is 5.22. The Kier molecular flexibility index (Phi) is 7.29. The summed E-state index contributed by atoms with van der Waals surface area (Å²) in [6.07, 6.45) is 0. The van der Waals surface area contributed by atoms with E-state index in [2.05, 4.69) is 224 Å². The van der Waals surface area contributed by atoms with E-state index in [4.69, 9.17) is 4.98 Å². The Balaban J connectivity index is 1.03. The van der Waals surface area contributed by atoms with Crippen LogP contribution in [0.2, 0.25) is 0 Å². The summed E-state index contributed by atoms with van der Waals surface area (Å²) < 4.78 is 0. The summed E-state index contributed by atoms with van der Waals surface area (Å²) in [5, 5.41) is 7.53. The van der Waals surface area contributed by atoms with E-state index in [0.29, 0.717) is 0 Å². The molecule has 10 aromatic carbocycles. The van der Waals surface area contributed by atoms with Crippen LogP contribution in [0.4, 0.5) is 0 Å². The zero-order valence-electron chi connectivity index (χ0n) is 33.3. The van der Waals surface area contributed by atoms with Gasteiger partial charge in [-0.3, -0.25) is 0 Å². The minimum atomic E-state index is -0.347. The molecular weight excluding hydrogens is 735 g/mol. The Bertz CT molecular complexity index is 3480. The SMILES string of the molecule is c1ccc(-c2cc(-c3cccc4c5ccccc5c5cc(-c6ccc7c(c6)-c6ccccc6C76c7ccccc7-c7ccccc76)ccc5c34)cc(-c3ccccc3)n2)cc1. The number of hydrogen-bond donors (Lipinski definition) is 0. The van der Waals surface area contributed by atoms with Crippen LogP contribution in [-0.4, -0.2) is 4.98 Å². The molecule has 0 saturated heterocycles. The van der Waals surface area contributed by atoms with Crippen LogP contribution in [0.5, 0.6) is 0 Å². The van der Waals surface area contributed by atoms with Gasteiger partial charge in [0.25, 0.3) is 0 Å². The lowest BCUT2D eigenvalue weighted by molar-refractivity contribution is 0.794. The summed E-state index contributed by atoms with van der Waals surface area (Å²) in [5.41, 5.74) is 19.3. The van der Waals surface area contributed by atoms with Crippen LogP contribution in [0.1, 0.15) is 22.3 Å². The lowest BCUT2D eigenvalue weighted by atomic mass is 9.70. The number of nitrogens with zero attached hydrogens (tertiary/aromatic N) is 1. The molecule has 1 heterocycles. The minimum Gasteiger partial charge on any atom is -0.248 e. The largest absolute Gasteiger partial charge is 0.248 e. The lowest BCUT2D eigenvalue weighted by Gasteiger charge is -2.30. The molecule has 0 fully saturated rings. The number of rotatable bonds is 4. The molecule has 0 atom stereocenters. The van der Waals surface area contributed by atoms with Crippen molar-refractivity contribution in [2.45, 2.75) is 5.41 Å². The molecule has 0 radical (unpaired) electrons. The normalized spacial score (nSPS) is 13.0. The molecule has 0 bridgehead atoms. The van der Waals surface area contributed by atoms with Crippen LogP contribution in [0.15, 0.2) is 224 Å². The van der Waals surface area contributed by atoms with Crippen molar-refractivity contribution < 1.29 is 0 Å². The Labute approximate surface area is 354 Å². The standard InChI is InChI=1S/C60H37N/c1-3-16-38(17-4-1)57-36-42(37-58(61-57)39-18-5-2-6-19-39)43-25-15-26-49-44-20-7-8-21-45(44)51-34-40(30-32-50(51)59(43)49)41-31-33-56-52(35-41)48-24-11-14-29-55(48)60(56)53-27-12-9-22-46(53)47-23-10-13-28-54(47)60/h1-37H. The van der Waals surface area contributed by atoms with Crippen molar-refractivity contribution in [1.82, 2.24) is 4.98 Å². The molecule has 2 aliphatic rings. The number of fused-ring (bicyclic) bond motifs is 16. The molecule has 1 spiro atoms. The smallest absolute Gasteiger partial charge is 0.0725 e. The van der Waals surface area contributed by atoms with E-state index >= 15 is 0 Å².